The third kappa shape index (κ3) is 2.19. The molecule has 2 N–H and O–H groups in total. The zero-order chi connectivity index (χ0) is 14.9. The molecule has 0 aliphatic carbocycles. The van der Waals surface area contributed by atoms with Gasteiger partial charge in [-0.15, -0.1) is 0 Å². The van der Waals surface area contributed by atoms with E-state index in [1.165, 1.54) is 0 Å². The van der Waals surface area contributed by atoms with Gasteiger partial charge in [0.25, 0.3) is 0 Å². The summed E-state index contributed by atoms with van der Waals surface area (Å²) in [5.41, 5.74) is -1.68. The van der Waals surface area contributed by atoms with E-state index in [9.17, 15) is 40.5 Å². The van der Waals surface area contributed by atoms with E-state index >= 15 is 0 Å². The van der Waals surface area contributed by atoms with Gasteiger partial charge in [0.15, 0.2) is 0 Å². The van der Waals surface area contributed by atoms with Crippen molar-refractivity contribution in [3.8, 4) is 0 Å². The van der Waals surface area contributed by atoms with Crippen LogP contribution in [-0.4, -0.2) is 19.7 Å². The van der Waals surface area contributed by atoms with E-state index in [1.54, 1.807) is 0 Å². The van der Waals surface area contributed by atoms with Crippen molar-refractivity contribution in [2.24, 2.45) is 0 Å². The van der Waals surface area contributed by atoms with Crippen LogP contribution in [0.25, 0.3) is 0 Å². The van der Waals surface area contributed by atoms with E-state index in [-0.39, 0.29) is 0 Å². The molecule has 0 saturated carbocycles. The molecule has 0 aromatic heterocycles. The monoisotopic (exact) mass is 273 g/mol. The molecule has 1 aromatic rings. The molecular weight excluding hydrogens is 270 g/mol. The third-order valence-corrected chi connectivity index (χ3v) is 2.00. The number of hydrogen-bond donors (Lipinski definition) is 1. The summed E-state index contributed by atoms with van der Waals surface area (Å²) >= 11 is 0. The largest absolute Gasteiger partial charge is 0.432 e. The fourth-order valence-corrected chi connectivity index (χ4v) is 1.34. The van der Waals surface area contributed by atoms with Crippen LogP contribution in [0, 0.1) is 40.5 Å². The lowest BCUT2D eigenvalue weighted by molar-refractivity contribution is -0.451. The molecule has 1 aromatic carbocycles. The highest BCUT2D eigenvalue weighted by Crippen LogP contribution is 2.46. The van der Waals surface area contributed by atoms with Crippen molar-refractivity contribution in [1.82, 2.24) is 0 Å². The van der Waals surface area contributed by atoms with Crippen LogP contribution < -0.4 is 5.73 Å². The number of hydrogen-bond acceptors (Lipinski definition) is 9. The Kier molecular flexibility index (Phi) is 3.22. The molecule has 0 bridgehead atoms. The molecule has 1 rings (SSSR count). The zero-order valence-electron chi connectivity index (χ0n) is 8.71. The zero-order valence-corrected chi connectivity index (χ0v) is 8.71. The van der Waals surface area contributed by atoms with Crippen LogP contribution in [-0.2, 0) is 0 Å². The normalized spacial score (nSPS) is 9.89. The fourth-order valence-electron chi connectivity index (χ4n) is 1.34. The predicted molar refractivity (Wildman–Crippen MR) is 57.5 cm³/mol. The first-order valence-corrected chi connectivity index (χ1v) is 4.22. The first-order valence-electron chi connectivity index (χ1n) is 4.22. The molecule has 13 heteroatoms. The maximum Gasteiger partial charge on any atom is 0.432 e. The van der Waals surface area contributed by atoms with E-state index in [0.29, 0.717) is 6.07 Å². The van der Waals surface area contributed by atoms with Crippen LogP contribution in [0.3, 0.4) is 0 Å². The molecule has 0 aliphatic rings. The van der Waals surface area contributed by atoms with Crippen molar-refractivity contribution in [1.29, 1.82) is 0 Å². The van der Waals surface area contributed by atoms with Gasteiger partial charge in [-0.1, -0.05) is 0 Å². The number of nitrogen functional groups attached to an aromatic ring is 1. The summed E-state index contributed by atoms with van der Waals surface area (Å²) < 4.78 is 0. The van der Waals surface area contributed by atoms with Crippen LogP contribution >= 0.6 is 0 Å². The maximum absolute atomic E-state index is 10.7. The molecular formula is C6H3N5O8. The molecule has 0 amide bonds. The van der Waals surface area contributed by atoms with Gasteiger partial charge in [0.2, 0.25) is 0 Å². The Balaban J connectivity index is 3.98. The third-order valence-electron chi connectivity index (χ3n) is 2.00. The topological polar surface area (TPSA) is 199 Å². The molecule has 100 valence electrons. The average Bonchev–Trinajstić information content (AvgIpc) is 2.25. The molecule has 0 aliphatic heterocycles. The van der Waals surface area contributed by atoms with Gasteiger partial charge in [-0.25, -0.2) is 0 Å². The van der Waals surface area contributed by atoms with Crippen LogP contribution in [0.4, 0.5) is 28.4 Å². The predicted octanol–water partition coefficient (Wildman–Crippen LogP) is 0.902. The lowest BCUT2D eigenvalue weighted by Crippen LogP contribution is -2.07. The van der Waals surface area contributed by atoms with Crippen LogP contribution in [0.15, 0.2) is 6.07 Å². The summed E-state index contributed by atoms with van der Waals surface area (Å²) in [4.78, 5) is 37.1. The molecule has 0 atom stereocenters. The van der Waals surface area contributed by atoms with E-state index in [0.717, 1.165) is 0 Å². The minimum Gasteiger partial charge on any atom is -0.393 e. The smallest absolute Gasteiger partial charge is 0.393 e. The lowest BCUT2D eigenvalue weighted by Gasteiger charge is -2.00. The number of nitro benzene ring substituents is 4. The van der Waals surface area contributed by atoms with Gasteiger partial charge < -0.3 is 5.73 Å². The number of anilines is 1. The summed E-state index contributed by atoms with van der Waals surface area (Å²) in [7, 11) is 0. The standard InChI is InChI=1S/C6H3N5O8/c7-2-1-3(8(12)13)5(10(16)17)6(11(18)19)4(2)9(14)15/h1H,7H2. The van der Waals surface area contributed by atoms with Gasteiger partial charge in [0.05, 0.1) is 25.8 Å². The van der Waals surface area contributed by atoms with Crippen LogP contribution in [0.1, 0.15) is 0 Å². The molecule has 0 heterocycles. The summed E-state index contributed by atoms with van der Waals surface area (Å²) in [5.74, 6) is 0. The Morgan fingerprint density at radius 2 is 1.16 bits per heavy atom. The number of benzene rings is 1. The van der Waals surface area contributed by atoms with Gasteiger partial charge in [-0.05, 0) is 0 Å². The fraction of sp³-hybridized carbons (Fsp3) is 0. The van der Waals surface area contributed by atoms with Gasteiger partial charge in [-0.3, -0.25) is 40.5 Å². The Labute approximate surface area is 101 Å². The summed E-state index contributed by atoms with van der Waals surface area (Å²) in [6.07, 6.45) is 0. The Hall–Kier alpha value is -3.38. The molecule has 13 nitrogen and oxygen atoms in total. The summed E-state index contributed by atoms with van der Waals surface area (Å²) in [6, 6.07) is 0.337. The van der Waals surface area contributed by atoms with Crippen molar-refractivity contribution in [2.75, 3.05) is 5.73 Å². The SMILES string of the molecule is Nc1cc([N+](=O)[O-])c([N+](=O)[O-])c([N+](=O)[O-])c1[N+](=O)[O-]. The van der Waals surface area contributed by atoms with Crippen molar-refractivity contribution >= 4 is 28.4 Å². The highest BCUT2D eigenvalue weighted by atomic mass is 16.7. The minimum atomic E-state index is -1.62. The first-order chi connectivity index (χ1) is 8.68. The van der Waals surface area contributed by atoms with Gasteiger partial charge >= 0.3 is 22.7 Å². The second kappa shape index (κ2) is 4.47. The van der Waals surface area contributed by atoms with Crippen molar-refractivity contribution in [2.45, 2.75) is 0 Å². The second-order valence-electron chi connectivity index (χ2n) is 3.06. The second-order valence-corrected chi connectivity index (χ2v) is 3.06. The molecule has 0 saturated heterocycles. The lowest BCUT2D eigenvalue weighted by atomic mass is 10.1. The van der Waals surface area contributed by atoms with Gasteiger partial charge in [0.1, 0.15) is 5.69 Å². The number of nitro groups is 4. The van der Waals surface area contributed by atoms with Gasteiger partial charge in [-0.2, -0.15) is 0 Å². The first kappa shape index (κ1) is 13.7. The quantitative estimate of drug-likeness (QED) is 0.469. The Morgan fingerprint density at radius 3 is 1.47 bits per heavy atom. The van der Waals surface area contributed by atoms with Gasteiger partial charge in [0, 0.05) is 0 Å². The Bertz CT molecular complexity index is 625. The highest BCUT2D eigenvalue weighted by Gasteiger charge is 2.45. The van der Waals surface area contributed by atoms with Crippen molar-refractivity contribution < 1.29 is 19.7 Å². The van der Waals surface area contributed by atoms with Crippen molar-refractivity contribution in [3.05, 3.63) is 46.5 Å². The average molecular weight is 273 g/mol. The van der Waals surface area contributed by atoms with E-state index in [1.807, 2.05) is 0 Å². The number of rotatable bonds is 4. The Morgan fingerprint density at radius 1 is 0.737 bits per heavy atom. The minimum absolute atomic E-state index is 0.337. The molecule has 0 radical (unpaired) electrons. The van der Waals surface area contributed by atoms with Crippen molar-refractivity contribution in [3.63, 3.8) is 0 Å². The summed E-state index contributed by atoms with van der Waals surface area (Å²) in [6.45, 7) is 0. The molecule has 0 unspecified atom stereocenters. The van der Waals surface area contributed by atoms with Crippen LogP contribution in [0.2, 0.25) is 0 Å². The molecule has 0 fully saturated rings. The highest BCUT2D eigenvalue weighted by molar-refractivity contribution is 5.83. The number of nitrogens with two attached hydrogens (primary N) is 1. The maximum atomic E-state index is 10.7. The number of nitrogens with zero attached hydrogens (tertiary/aromatic N) is 4. The van der Waals surface area contributed by atoms with E-state index in [4.69, 9.17) is 5.73 Å². The molecule has 0 spiro atoms. The van der Waals surface area contributed by atoms with E-state index in [2.05, 4.69) is 0 Å². The molecule has 19 heavy (non-hydrogen) atoms. The summed E-state index contributed by atoms with van der Waals surface area (Å²) in [5, 5.41) is 42.6. The van der Waals surface area contributed by atoms with Crippen LogP contribution in [0.5, 0.6) is 0 Å². The van der Waals surface area contributed by atoms with E-state index < -0.39 is 48.1 Å².